The molecule has 0 bridgehead atoms. The zero-order valence-corrected chi connectivity index (χ0v) is 19.7. The van der Waals surface area contributed by atoms with E-state index in [0.717, 1.165) is 13.1 Å². The zero-order chi connectivity index (χ0) is 23.2. The predicted octanol–water partition coefficient (Wildman–Crippen LogP) is 5.19. The lowest BCUT2D eigenvalue weighted by molar-refractivity contribution is -0.118. The van der Waals surface area contributed by atoms with Crippen molar-refractivity contribution in [1.82, 2.24) is 10.4 Å². The number of rotatable bonds is 3. The molecule has 5 rings (SSSR count). The smallest absolute Gasteiger partial charge is 0.286 e. The molecule has 1 aromatic rings. The summed E-state index contributed by atoms with van der Waals surface area (Å²) in [6, 6.07) is 5.18. The van der Waals surface area contributed by atoms with Gasteiger partial charge >= 0.3 is 0 Å². The minimum Gasteiger partial charge on any atom is -0.508 e. The fourth-order valence-electron chi connectivity index (χ4n) is 5.38. The molecule has 1 amide bonds. The number of carbonyl (C=O) groups excluding carboxylic acids is 1. The summed E-state index contributed by atoms with van der Waals surface area (Å²) in [5.74, 6) is 1.20. The lowest BCUT2D eigenvalue weighted by atomic mass is 9.83. The van der Waals surface area contributed by atoms with Crippen LogP contribution in [0.2, 0.25) is 10.0 Å². The lowest BCUT2D eigenvalue weighted by Gasteiger charge is -2.36. The summed E-state index contributed by atoms with van der Waals surface area (Å²) in [7, 11) is 0. The number of aliphatic hydroxyl groups is 1. The standard InChI is InChI=1S/C25H26Cl2N4O2/c1-16-23(24(33)29-30-14-17-5-2-6-18(17)15-30)28-31(22-10-9-19(26)13-21(22)27)25(16)11-3-7-20(32)8-4-12-25/h3-4,7-11,13,17-18,32H,1-2,5-6,12,14-15H2,(H,29,33)/b8-4-,11-3+,20-7+. The molecule has 6 nitrogen and oxygen atoms in total. The van der Waals surface area contributed by atoms with Gasteiger partial charge in [-0.2, -0.15) is 5.10 Å². The van der Waals surface area contributed by atoms with E-state index in [-0.39, 0.29) is 17.4 Å². The summed E-state index contributed by atoms with van der Waals surface area (Å²) in [5.41, 5.74) is 3.67. The molecule has 1 saturated heterocycles. The first kappa shape index (κ1) is 22.3. The van der Waals surface area contributed by atoms with Gasteiger partial charge in [0.25, 0.3) is 5.91 Å². The molecule has 2 fully saturated rings. The van der Waals surface area contributed by atoms with Crippen molar-refractivity contribution in [2.75, 3.05) is 18.1 Å². The van der Waals surface area contributed by atoms with Crippen LogP contribution in [-0.4, -0.2) is 40.4 Å². The van der Waals surface area contributed by atoms with Gasteiger partial charge in [0.15, 0.2) is 5.71 Å². The number of nitrogens with one attached hydrogen (secondary N) is 1. The number of nitrogens with zero attached hydrogens (tertiary/aromatic N) is 3. The van der Waals surface area contributed by atoms with Gasteiger partial charge in [-0.1, -0.05) is 54.4 Å². The highest BCUT2D eigenvalue weighted by Gasteiger charge is 2.47. The molecule has 2 aliphatic carbocycles. The van der Waals surface area contributed by atoms with Crippen LogP contribution in [0.25, 0.3) is 0 Å². The minimum absolute atomic E-state index is 0.152. The lowest BCUT2D eigenvalue weighted by Crippen LogP contribution is -2.46. The van der Waals surface area contributed by atoms with E-state index in [0.29, 0.717) is 39.6 Å². The van der Waals surface area contributed by atoms with Crippen LogP contribution < -0.4 is 10.4 Å². The Balaban J connectivity index is 1.49. The van der Waals surface area contributed by atoms with Gasteiger partial charge in [0.1, 0.15) is 11.3 Å². The highest BCUT2D eigenvalue weighted by Crippen LogP contribution is 2.44. The summed E-state index contributed by atoms with van der Waals surface area (Å²) in [5, 5.41) is 19.3. The van der Waals surface area contributed by atoms with Crippen molar-refractivity contribution in [2.24, 2.45) is 16.9 Å². The normalized spacial score (nSPS) is 32.7. The fraction of sp³-hybridized carbons (Fsp3) is 0.360. The first-order valence-corrected chi connectivity index (χ1v) is 12.0. The van der Waals surface area contributed by atoms with Crippen molar-refractivity contribution in [3.8, 4) is 0 Å². The number of anilines is 1. The predicted molar refractivity (Wildman–Crippen MR) is 132 cm³/mol. The van der Waals surface area contributed by atoms with Crippen LogP contribution in [0.15, 0.2) is 71.6 Å². The second kappa shape index (κ2) is 8.67. The number of hydrazone groups is 1. The molecule has 2 heterocycles. The number of fused-ring (bicyclic) bond motifs is 1. The van der Waals surface area contributed by atoms with E-state index in [1.807, 2.05) is 17.2 Å². The summed E-state index contributed by atoms with van der Waals surface area (Å²) in [4.78, 5) is 13.4. The monoisotopic (exact) mass is 484 g/mol. The molecule has 1 aromatic carbocycles. The zero-order valence-electron chi connectivity index (χ0n) is 18.2. The van der Waals surface area contributed by atoms with Crippen LogP contribution in [0.1, 0.15) is 25.7 Å². The Labute approximate surface area is 203 Å². The first-order chi connectivity index (χ1) is 15.9. The third kappa shape index (κ3) is 4.01. The maximum Gasteiger partial charge on any atom is 0.286 e. The Bertz CT molecular complexity index is 1110. The molecule has 0 aromatic heterocycles. The number of hydrazine groups is 1. The molecule has 2 N–H and O–H groups in total. The average molecular weight is 485 g/mol. The number of allylic oxidation sites excluding steroid dienone is 3. The molecule has 3 atom stereocenters. The second-order valence-corrected chi connectivity index (χ2v) is 9.96. The van der Waals surface area contributed by atoms with Gasteiger partial charge in [-0.05, 0) is 61.4 Å². The van der Waals surface area contributed by atoms with E-state index in [4.69, 9.17) is 28.3 Å². The molecule has 8 heteroatoms. The maximum atomic E-state index is 13.4. The highest BCUT2D eigenvalue weighted by molar-refractivity contribution is 6.47. The third-order valence-corrected chi connectivity index (χ3v) is 7.62. The van der Waals surface area contributed by atoms with Gasteiger partial charge in [0.2, 0.25) is 0 Å². The van der Waals surface area contributed by atoms with Crippen molar-refractivity contribution >= 4 is 40.5 Å². The summed E-state index contributed by atoms with van der Waals surface area (Å²) >= 11 is 12.7. The van der Waals surface area contributed by atoms with Crippen LogP contribution in [0.5, 0.6) is 0 Å². The highest BCUT2D eigenvalue weighted by atomic mass is 35.5. The van der Waals surface area contributed by atoms with Gasteiger partial charge in [-0.25, -0.2) is 10.0 Å². The minimum atomic E-state index is -0.848. The number of aliphatic hydroxyl groups excluding tert-OH is 1. The molecule has 1 saturated carbocycles. The fourth-order valence-corrected chi connectivity index (χ4v) is 5.87. The van der Waals surface area contributed by atoms with Crippen molar-refractivity contribution in [3.05, 3.63) is 76.5 Å². The van der Waals surface area contributed by atoms with Crippen LogP contribution >= 0.6 is 23.2 Å². The van der Waals surface area contributed by atoms with Gasteiger partial charge < -0.3 is 5.11 Å². The van der Waals surface area contributed by atoms with Crippen molar-refractivity contribution < 1.29 is 9.90 Å². The van der Waals surface area contributed by atoms with E-state index in [9.17, 15) is 9.90 Å². The summed E-state index contributed by atoms with van der Waals surface area (Å²) < 4.78 is 0. The Hall–Kier alpha value is -2.54. The van der Waals surface area contributed by atoms with E-state index >= 15 is 0 Å². The van der Waals surface area contributed by atoms with Crippen LogP contribution in [0, 0.1) is 11.8 Å². The van der Waals surface area contributed by atoms with Crippen LogP contribution in [0.3, 0.4) is 0 Å². The Kier molecular flexibility index (Phi) is 5.85. The average Bonchev–Trinajstić information content (AvgIpc) is 3.40. The first-order valence-electron chi connectivity index (χ1n) is 11.2. The number of halogens is 2. The Morgan fingerprint density at radius 3 is 2.73 bits per heavy atom. The van der Waals surface area contributed by atoms with Gasteiger partial charge in [0, 0.05) is 23.7 Å². The molecular weight excluding hydrogens is 459 g/mol. The summed E-state index contributed by atoms with van der Waals surface area (Å²) in [6.07, 6.45) is 12.9. The number of hydrogen-bond donors (Lipinski definition) is 2. The molecule has 172 valence electrons. The van der Waals surface area contributed by atoms with E-state index in [1.165, 1.54) is 19.3 Å². The summed E-state index contributed by atoms with van der Waals surface area (Å²) in [6.45, 7) is 6.04. The van der Waals surface area contributed by atoms with Crippen LogP contribution in [-0.2, 0) is 4.79 Å². The Morgan fingerprint density at radius 1 is 1.24 bits per heavy atom. The molecule has 0 radical (unpaired) electrons. The number of amides is 1. The van der Waals surface area contributed by atoms with E-state index < -0.39 is 5.54 Å². The number of carbonyl (C=O) groups is 1. The largest absolute Gasteiger partial charge is 0.508 e. The van der Waals surface area contributed by atoms with E-state index in [1.54, 1.807) is 41.4 Å². The van der Waals surface area contributed by atoms with E-state index in [2.05, 4.69) is 12.0 Å². The molecule has 3 unspecified atom stereocenters. The Morgan fingerprint density at radius 2 is 2.00 bits per heavy atom. The second-order valence-electron chi connectivity index (χ2n) is 9.11. The van der Waals surface area contributed by atoms with Gasteiger partial charge in [-0.15, -0.1) is 0 Å². The van der Waals surface area contributed by atoms with Crippen molar-refractivity contribution in [2.45, 2.75) is 31.2 Å². The SMILES string of the molecule is C=C1C(C(=O)NN2CC3CCCC3C2)=NN(c2ccc(Cl)cc2Cl)C12/C=C/C=C(O)\C=C/C2. The number of hydrogen-bond acceptors (Lipinski definition) is 5. The molecular formula is C25H26Cl2N4O2. The van der Waals surface area contributed by atoms with Crippen molar-refractivity contribution in [1.29, 1.82) is 0 Å². The molecule has 33 heavy (non-hydrogen) atoms. The topological polar surface area (TPSA) is 68.2 Å². The number of benzene rings is 1. The maximum absolute atomic E-state index is 13.4. The third-order valence-electron chi connectivity index (χ3n) is 7.08. The quantitative estimate of drug-likeness (QED) is 0.619. The van der Waals surface area contributed by atoms with Gasteiger partial charge in [0.05, 0.1) is 10.7 Å². The molecule has 2 aliphatic heterocycles. The molecule has 1 spiro atoms. The molecule has 4 aliphatic rings. The van der Waals surface area contributed by atoms with Crippen molar-refractivity contribution in [3.63, 3.8) is 0 Å². The van der Waals surface area contributed by atoms with Crippen LogP contribution in [0.4, 0.5) is 5.69 Å². The van der Waals surface area contributed by atoms with Gasteiger partial charge in [-0.3, -0.25) is 10.2 Å².